The zero-order chi connectivity index (χ0) is 11.0. The number of fused-ring (bicyclic) bond motifs is 2. The largest absolute Gasteiger partial charge is 0.311 e. The van der Waals surface area contributed by atoms with Crippen molar-refractivity contribution in [2.75, 3.05) is 6.54 Å². The Morgan fingerprint density at radius 1 is 1.56 bits per heavy atom. The van der Waals surface area contributed by atoms with Crippen LogP contribution >= 0.6 is 11.3 Å². The van der Waals surface area contributed by atoms with Crippen molar-refractivity contribution in [3.8, 4) is 0 Å². The number of nitrogens with zero attached hydrogens (tertiary/aromatic N) is 1. The number of aryl methyl sites for hydroxylation is 1. The summed E-state index contributed by atoms with van der Waals surface area (Å²) in [6.07, 6.45) is 4.16. The summed E-state index contributed by atoms with van der Waals surface area (Å²) in [5.74, 6) is 0.854. The predicted octanol–water partition coefficient (Wildman–Crippen LogP) is 1.68. The maximum atomic E-state index is 4.27. The molecular weight excluding hydrogens is 218 g/mol. The van der Waals surface area contributed by atoms with Crippen LogP contribution in [0.3, 0.4) is 0 Å². The second-order valence-electron chi connectivity index (χ2n) is 5.04. The lowest BCUT2D eigenvalue weighted by Gasteiger charge is -2.20. The van der Waals surface area contributed by atoms with Gasteiger partial charge in [-0.25, -0.2) is 4.98 Å². The Balaban J connectivity index is 1.46. The van der Waals surface area contributed by atoms with Gasteiger partial charge in [0.1, 0.15) is 0 Å². The van der Waals surface area contributed by atoms with Crippen molar-refractivity contribution in [1.82, 2.24) is 15.6 Å². The van der Waals surface area contributed by atoms with E-state index in [1.807, 2.05) is 5.51 Å². The van der Waals surface area contributed by atoms with Gasteiger partial charge in [0.25, 0.3) is 0 Å². The molecule has 3 atom stereocenters. The lowest BCUT2D eigenvalue weighted by molar-refractivity contribution is 0.383. The fourth-order valence-corrected chi connectivity index (χ4v) is 3.78. The molecule has 1 aromatic rings. The van der Waals surface area contributed by atoms with E-state index in [0.29, 0.717) is 0 Å². The lowest BCUT2D eigenvalue weighted by atomic mass is 9.89. The number of thiazole rings is 1. The molecule has 2 aliphatic rings. The molecule has 88 valence electrons. The second kappa shape index (κ2) is 4.43. The minimum atomic E-state index is 0.792. The Morgan fingerprint density at radius 3 is 3.12 bits per heavy atom. The van der Waals surface area contributed by atoms with E-state index < -0.39 is 0 Å². The van der Waals surface area contributed by atoms with Crippen molar-refractivity contribution in [1.29, 1.82) is 0 Å². The normalized spacial score (nSPS) is 32.4. The number of aromatic nitrogens is 1. The van der Waals surface area contributed by atoms with E-state index >= 15 is 0 Å². The van der Waals surface area contributed by atoms with Crippen molar-refractivity contribution in [3.63, 3.8) is 0 Å². The quantitative estimate of drug-likeness (QED) is 0.836. The van der Waals surface area contributed by atoms with Crippen LogP contribution in [-0.2, 0) is 6.54 Å². The summed E-state index contributed by atoms with van der Waals surface area (Å²) in [7, 11) is 0. The third-order valence-electron chi connectivity index (χ3n) is 3.97. The van der Waals surface area contributed by atoms with Crippen LogP contribution in [0.5, 0.6) is 0 Å². The third-order valence-corrected chi connectivity index (χ3v) is 4.90. The molecule has 0 amide bonds. The van der Waals surface area contributed by atoms with Crippen molar-refractivity contribution >= 4 is 11.3 Å². The van der Waals surface area contributed by atoms with Crippen LogP contribution in [0.2, 0.25) is 0 Å². The lowest BCUT2D eigenvalue weighted by Crippen LogP contribution is -2.31. The SMILES string of the molecule is Cc1ncsc1CNCC1CC2CCC1N2. The molecule has 2 N–H and O–H groups in total. The minimum absolute atomic E-state index is 0.792. The molecule has 0 aromatic carbocycles. The maximum absolute atomic E-state index is 4.27. The highest BCUT2D eigenvalue weighted by molar-refractivity contribution is 7.09. The molecule has 2 fully saturated rings. The highest BCUT2D eigenvalue weighted by Gasteiger charge is 2.38. The molecule has 0 saturated carbocycles. The first kappa shape index (κ1) is 10.7. The topological polar surface area (TPSA) is 37.0 Å². The Bertz CT molecular complexity index is 363. The Kier molecular flexibility index (Phi) is 2.96. The van der Waals surface area contributed by atoms with Gasteiger partial charge in [0, 0.05) is 23.5 Å². The van der Waals surface area contributed by atoms with Crippen LogP contribution in [0, 0.1) is 12.8 Å². The van der Waals surface area contributed by atoms with E-state index in [-0.39, 0.29) is 0 Å². The smallest absolute Gasteiger partial charge is 0.0798 e. The Morgan fingerprint density at radius 2 is 2.50 bits per heavy atom. The van der Waals surface area contributed by atoms with Crippen molar-refractivity contribution in [3.05, 3.63) is 16.1 Å². The van der Waals surface area contributed by atoms with Crippen LogP contribution in [-0.4, -0.2) is 23.6 Å². The van der Waals surface area contributed by atoms with Crippen LogP contribution in [0.1, 0.15) is 29.8 Å². The van der Waals surface area contributed by atoms with Gasteiger partial charge in [0.2, 0.25) is 0 Å². The summed E-state index contributed by atoms with van der Waals surface area (Å²) in [5, 5.41) is 7.27. The Labute approximate surface area is 101 Å². The van der Waals surface area contributed by atoms with E-state index in [2.05, 4.69) is 22.5 Å². The average molecular weight is 237 g/mol. The highest BCUT2D eigenvalue weighted by atomic mass is 32.1. The van der Waals surface area contributed by atoms with E-state index in [0.717, 1.165) is 31.1 Å². The standard InChI is InChI=1S/C12H19N3S/c1-8-12(16-7-14-8)6-13-5-9-4-10-2-3-11(9)15-10/h7,9-11,13,15H,2-6H2,1H3. The molecule has 0 radical (unpaired) electrons. The number of nitrogens with one attached hydrogen (secondary N) is 2. The first-order valence-electron chi connectivity index (χ1n) is 6.18. The molecule has 0 spiro atoms. The average Bonchev–Trinajstić information content (AvgIpc) is 2.96. The van der Waals surface area contributed by atoms with E-state index in [1.165, 1.54) is 29.8 Å². The van der Waals surface area contributed by atoms with Gasteiger partial charge >= 0.3 is 0 Å². The maximum Gasteiger partial charge on any atom is 0.0798 e. The van der Waals surface area contributed by atoms with Crippen LogP contribution in [0.15, 0.2) is 5.51 Å². The summed E-state index contributed by atoms with van der Waals surface area (Å²) in [4.78, 5) is 5.66. The van der Waals surface area contributed by atoms with Crippen LogP contribution in [0.25, 0.3) is 0 Å². The van der Waals surface area contributed by atoms with Gasteiger partial charge in [-0.3, -0.25) is 0 Å². The molecule has 2 bridgehead atoms. The van der Waals surface area contributed by atoms with Gasteiger partial charge in [-0.1, -0.05) is 0 Å². The van der Waals surface area contributed by atoms with E-state index in [9.17, 15) is 0 Å². The second-order valence-corrected chi connectivity index (χ2v) is 5.97. The number of rotatable bonds is 4. The summed E-state index contributed by atoms with van der Waals surface area (Å²) in [6.45, 7) is 4.24. The summed E-state index contributed by atoms with van der Waals surface area (Å²) >= 11 is 1.76. The minimum Gasteiger partial charge on any atom is -0.311 e. The zero-order valence-corrected chi connectivity index (χ0v) is 10.5. The zero-order valence-electron chi connectivity index (χ0n) is 9.70. The summed E-state index contributed by atoms with van der Waals surface area (Å²) < 4.78 is 0. The van der Waals surface area contributed by atoms with Crippen molar-refractivity contribution < 1.29 is 0 Å². The highest BCUT2D eigenvalue weighted by Crippen LogP contribution is 2.32. The van der Waals surface area contributed by atoms with Gasteiger partial charge in [-0.15, -0.1) is 11.3 Å². The predicted molar refractivity (Wildman–Crippen MR) is 66.6 cm³/mol. The molecule has 3 heterocycles. The van der Waals surface area contributed by atoms with Gasteiger partial charge in [-0.05, 0) is 38.6 Å². The van der Waals surface area contributed by atoms with E-state index in [1.54, 1.807) is 11.3 Å². The molecule has 1 aromatic heterocycles. The first-order chi connectivity index (χ1) is 7.83. The summed E-state index contributed by atoms with van der Waals surface area (Å²) in [6, 6.07) is 1.61. The fourth-order valence-electron chi connectivity index (χ4n) is 3.03. The monoisotopic (exact) mass is 237 g/mol. The molecule has 16 heavy (non-hydrogen) atoms. The number of hydrogen-bond donors (Lipinski definition) is 2. The van der Waals surface area contributed by atoms with Gasteiger partial charge in [0.15, 0.2) is 0 Å². The molecule has 2 aliphatic heterocycles. The van der Waals surface area contributed by atoms with Crippen molar-refractivity contribution in [2.24, 2.45) is 5.92 Å². The molecule has 0 aliphatic carbocycles. The van der Waals surface area contributed by atoms with Crippen LogP contribution < -0.4 is 10.6 Å². The Hall–Kier alpha value is -0.450. The van der Waals surface area contributed by atoms with Gasteiger partial charge in [0.05, 0.1) is 11.2 Å². The van der Waals surface area contributed by atoms with Crippen LogP contribution in [0.4, 0.5) is 0 Å². The third kappa shape index (κ3) is 2.01. The van der Waals surface area contributed by atoms with Crippen molar-refractivity contribution in [2.45, 2.75) is 44.8 Å². The molecule has 3 unspecified atom stereocenters. The van der Waals surface area contributed by atoms with Gasteiger partial charge < -0.3 is 10.6 Å². The fraction of sp³-hybridized carbons (Fsp3) is 0.750. The molecular formula is C12H19N3S. The molecule has 2 saturated heterocycles. The summed E-state index contributed by atoms with van der Waals surface area (Å²) in [5.41, 5.74) is 3.12. The first-order valence-corrected chi connectivity index (χ1v) is 7.06. The molecule has 3 nitrogen and oxygen atoms in total. The number of hydrogen-bond acceptors (Lipinski definition) is 4. The molecule has 3 rings (SSSR count). The molecule has 4 heteroatoms. The van der Waals surface area contributed by atoms with E-state index in [4.69, 9.17) is 0 Å². The van der Waals surface area contributed by atoms with Gasteiger partial charge in [-0.2, -0.15) is 0 Å².